The van der Waals surface area contributed by atoms with Gasteiger partial charge in [0.25, 0.3) is 5.22 Å². The van der Waals surface area contributed by atoms with Gasteiger partial charge < -0.3 is 9.73 Å². The molecule has 1 N–H and O–H groups in total. The van der Waals surface area contributed by atoms with Gasteiger partial charge >= 0.3 is 0 Å². The highest BCUT2D eigenvalue weighted by molar-refractivity contribution is 7.99. The second kappa shape index (κ2) is 9.87. The number of carbonyl (C=O) groups excluding carboxylic acids is 1. The summed E-state index contributed by atoms with van der Waals surface area (Å²) in [4.78, 5) is 11.9. The second-order valence-electron chi connectivity index (χ2n) is 6.41. The smallest absolute Gasteiger partial charge is 0.277 e. The van der Waals surface area contributed by atoms with Crippen molar-refractivity contribution < 1.29 is 17.6 Å². The molecule has 11 heteroatoms. The van der Waals surface area contributed by atoms with Crippen LogP contribution in [0.5, 0.6) is 0 Å². The van der Waals surface area contributed by atoms with E-state index in [9.17, 15) is 13.2 Å². The third-order valence-corrected chi connectivity index (χ3v) is 7.04. The first-order valence-corrected chi connectivity index (χ1v) is 11.6. The van der Waals surface area contributed by atoms with Crippen molar-refractivity contribution in [2.24, 2.45) is 0 Å². The van der Waals surface area contributed by atoms with Crippen LogP contribution in [0, 0.1) is 11.3 Å². The summed E-state index contributed by atoms with van der Waals surface area (Å²) in [5.41, 5.74) is 0.501. The van der Waals surface area contributed by atoms with Gasteiger partial charge in [0.15, 0.2) is 0 Å². The molecule has 0 saturated carbocycles. The van der Waals surface area contributed by atoms with Crippen molar-refractivity contribution in [3.63, 3.8) is 0 Å². The minimum absolute atomic E-state index is 0.0798. The first-order valence-electron chi connectivity index (χ1n) is 9.21. The zero-order valence-electron chi connectivity index (χ0n) is 15.7. The van der Waals surface area contributed by atoms with Crippen molar-refractivity contribution in [2.75, 3.05) is 25.4 Å². The van der Waals surface area contributed by atoms with Crippen LogP contribution in [-0.4, -0.2) is 54.2 Å². The Bertz CT molecular complexity index is 994. The summed E-state index contributed by atoms with van der Waals surface area (Å²) in [5, 5.41) is 19.1. The first-order chi connectivity index (χ1) is 14.0. The third-order valence-electron chi connectivity index (χ3n) is 4.33. The van der Waals surface area contributed by atoms with Crippen LogP contribution in [0.25, 0.3) is 11.5 Å². The summed E-state index contributed by atoms with van der Waals surface area (Å²) in [7, 11) is -3.56. The van der Waals surface area contributed by atoms with E-state index in [1.165, 1.54) is 10.4 Å². The molecule has 1 aliphatic heterocycles. The molecule has 1 aliphatic rings. The number of carbonyl (C=O) groups is 1. The molecule has 1 amide bonds. The van der Waals surface area contributed by atoms with E-state index in [2.05, 4.69) is 15.5 Å². The predicted octanol–water partition coefficient (Wildman–Crippen LogP) is 2.03. The number of thioether (sulfide) groups is 1. The zero-order chi connectivity index (χ0) is 20.7. The van der Waals surface area contributed by atoms with Gasteiger partial charge in [-0.1, -0.05) is 24.2 Å². The maximum absolute atomic E-state index is 12.9. The van der Waals surface area contributed by atoms with Crippen LogP contribution in [0.4, 0.5) is 0 Å². The molecule has 29 heavy (non-hydrogen) atoms. The Labute approximate surface area is 173 Å². The summed E-state index contributed by atoms with van der Waals surface area (Å²) in [6.45, 7) is 1.36. The van der Waals surface area contributed by atoms with Gasteiger partial charge in [-0.25, -0.2) is 8.42 Å². The Balaban J connectivity index is 1.67. The molecule has 9 nitrogen and oxygen atoms in total. The molecule has 3 rings (SSSR count). The second-order valence-corrected chi connectivity index (χ2v) is 9.28. The van der Waals surface area contributed by atoms with Crippen LogP contribution >= 0.6 is 11.8 Å². The molecule has 0 unspecified atom stereocenters. The molecule has 0 bridgehead atoms. The number of benzene rings is 1. The van der Waals surface area contributed by atoms with Crippen LogP contribution in [-0.2, 0) is 14.8 Å². The summed E-state index contributed by atoms with van der Waals surface area (Å²) in [5.74, 6) is 0.0314. The van der Waals surface area contributed by atoms with Crippen molar-refractivity contribution in [1.82, 2.24) is 19.8 Å². The van der Waals surface area contributed by atoms with Crippen molar-refractivity contribution in [2.45, 2.75) is 35.8 Å². The van der Waals surface area contributed by atoms with Gasteiger partial charge in [0.05, 0.1) is 23.1 Å². The molecule has 0 atom stereocenters. The number of rotatable bonds is 8. The van der Waals surface area contributed by atoms with Gasteiger partial charge in [0.2, 0.25) is 21.8 Å². The molecule has 0 aliphatic carbocycles. The number of hydrogen-bond acceptors (Lipinski definition) is 8. The van der Waals surface area contributed by atoms with E-state index in [4.69, 9.17) is 9.68 Å². The molecule has 1 fully saturated rings. The normalized spacial score (nSPS) is 15.0. The molecule has 0 spiro atoms. The standard InChI is InChI=1S/C18H21N5O4S2/c19-8-5-9-20-16(24)13-28-18-22-21-17(27-18)14-6-4-7-15(12-14)29(25,26)23-10-2-1-3-11-23/h4,6-7,12H,1-3,5,9-11,13H2,(H,20,24). The van der Waals surface area contributed by atoms with E-state index < -0.39 is 10.0 Å². The van der Waals surface area contributed by atoms with Crippen molar-refractivity contribution in [3.8, 4) is 17.5 Å². The maximum Gasteiger partial charge on any atom is 0.277 e. The van der Waals surface area contributed by atoms with E-state index in [0.29, 0.717) is 25.2 Å². The molecule has 2 aromatic rings. The highest BCUT2D eigenvalue weighted by Crippen LogP contribution is 2.27. The lowest BCUT2D eigenvalue weighted by atomic mass is 10.2. The minimum atomic E-state index is -3.56. The van der Waals surface area contributed by atoms with Crippen LogP contribution in [0.3, 0.4) is 0 Å². The van der Waals surface area contributed by atoms with Crippen LogP contribution in [0.15, 0.2) is 38.8 Å². The molecule has 1 saturated heterocycles. The first kappa shape index (κ1) is 21.3. The SMILES string of the molecule is N#CCCNC(=O)CSc1nnc(-c2cccc(S(=O)(=O)N3CCCCC3)c2)o1. The predicted molar refractivity (Wildman–Crippen MR) is 106 cm³/mol. The van der Waals surface area contributed by atoms with Crippen molar-refractivity contribution in [1.29, 1.82) is 5.26 Å². The maximum atomic E-state index is 12.9. The number of amides is 1. The number of nitriles is 1. The Morgan fingerprint density at radius 2 is 2.07 bits per heavy atom. The zero-order valence-corrected chi connectivity index (χ0v) is 17.3. The summed E-state index contributed by atoms with van der Waals surface area (Å²) >= 11 is 1.07. The van der Waals surface area contributed by atoms with E-state index in [0.717, 1.165) is 31.0 Å². The van der Waals surface area contributed by atoms with Gasteiger partial charge in [-0.3, -0.25) is 4.79 Å². The number of piperidine rings is 1. The van der Waals surface area contributed by atoms with Crippen LogP contribution < -0.4 is 5.32 Å². The van der Waals surface area contributed by atoms with Gasteiger partial charge in [0, 0.05) is 25.2 Å². The molecule has 1 aromatic heterocycles. The molecule has 0 radical (unpaired) electrons. The average Bonchev–Trinajstić information content (AvgIpc) is 3.22. The summed E-state index contributed by atoms with van der Waals surface area (Å²) in [6, 6.07) is 8.38. The monoisotopic (exact) mass is 435 g/mol. The van der Waals surface area contributed by atoms with Gasteiger partial charge in [-0.2, -0.15) is 9.57 Å². The highest BCUT2D eigenvalue weighted by Gasteiger charge is 2.26. The molecule has 2 heterocycles. The Hall–Kier alpha value is -2.42. The van der Waals surface area contributed by atoms with Crippen molar-refractivity contribution >= 4 is 27.7 Å². The molecular weight excluding hydrogens is 414 g/mol. The van der Waals surface area contributed by atoms with E-state index in [1.807, 2.05) is 6.07 Å². The van der Waals surface area contributed by atoms with Gasteiger partial charge in [-0.05, 0) is 31.0 Å². The number of hydrogen-bond donors (Lipinski definition) is 1. The number of aromatic nitrogens is 2. The lowest BCUT2D eigenvalue weighted by molar-refractivity contribution is -0.118. The Morgan fingerprint density at radius 3 is 2.83 bits per heavy atom. The minimum Gasteiger partial charge on any atom is -0.411 e. The van der Waals surface area contributed by atoms with Gasteiger partial charge in [-0.15, -0.1) is 10.2 Å². The lowest BCUT2D eigenvalue weighted by Gasteiger charge is -2.25. The summed E-state index contributed by atoms with van der Waals surface area (Å²) in [6.07, 6.45) is 3.03. The fraction of sp³-hybridized carbons (Fsp3) is 0.444. The molecule has 154 valence electrons. The van der Waals surface area contributed by atoms with E-state index in [1.54, 1.807) is 18.2 Å². The fourth-order valence-electron chi connectivity index (χ4n) is 2.86. The van der Waals surface area contributed by atoms with E-state index >= 15 is 0 Å². The topological polar surface area (TPSA) is 129 Å². The van der Waals surface area contributed by atoms with E-state index in [-0.39, 0.29) is 34.1 Å². The quantitative estimate of drug-likeness (QED) is 0.492. The fourth-order valence-corrected chi connectivity index (χ4v) is 5.02. The molecule has 1 aromatic carbocycles. The highest BCUT2D eigenvalue weighted by atomic mass is 32.2. The van der Waals surface area contributed by atoms with Crippen LogP contribution in [0.1, 0.15) is 25.7 Å². The Kier molecular flexibility index (Phi) is 7.24. The third kappa shape index (κ3) is 5.56. The van der Waals surface area contributed by atoms with Crippen LogP contribution in [0.2, 0.25) is 0 Å². The average molecular weight is 436 g/mol. The Morgan fingerprint density at radius 1 is 1.28 bits per heavy atom. The summed E-state index contributed by atoms with van der Waals surface area (Å²) < 4.78 is 32.8. The number of nitrogens with one attached hydrogen (secondary N) is 1. The number of sulfonamides is 1. The van der Waals surface area contributed by atoms with Gasteiger partial charge in [0.1, 0.15) is 0 Å². The molecular formula is C18H21N5O4S2. The lowest BCUT2D eigenvalue weighted by Crippen LogP contribution is -2.35. The van der Waals surface area contributed by atoms with Crippen molar-refractivity contribution in [3.05, 3.63) is 24.3 Å². The number of nitrogens with zero attached hydrogens (tertiary/aromatic N) is 4. The largest absolute Gasteiger partial charge is 0.411 e.